The van der Waals surface area contributed by atoms with Crippen molar-refractivity contribution in [1.82, 2.24) is 0 Å². The number of rotatable bonds is 0. The second-order valence-electron chi connectivity index (χ2n) is 1.69. The van der Waals surface area contributed by atoms with E-state index in [0.717, 1.165) is 26.0 Å². The van der Waals surface area contributed by atoms with Crippen LogP contribution in [0.3, 0.4) is 0 Å². The van der Waals surface area contributed by atoms with Crippen LogP contribution in [0.1, 0.15) is 12.8 Å². The second-order valence-corrected chi connectivity index (χ2v) is 2.37. The Bertz CT molecular complexity index is 103. The zero-order valence-corrected chi connectivity index (χ0v) is 6.15. The molecular formula is C5H8BrNO. The van der Waals surface area contributed by atoms with Gasteiger partial charge in [-0.15, -0.1) is 0 Å². The van der Waals surface area contributed by atoms with Crippen LogP contribution in [0, 0.1) is 0 Å². The fourth-order valence-electron chi connectivity index (χ4n) is 0.583. The third-order valence-electron chi connectivity index (χ3n) is 1.01. The Labute approximate surface area is 57.1 Å². The lowest BCUT2D eigenvalue weighted by Gasteiger charge is -1.94. The lowest BCUT2D eigenvalue weighted by molar-refractivity contribution is 0.315. The van der Waals surface area contributed by atoms with Gasteiger partial charge in [0, 0.05) is 22.5 Å². The van der Waals surface area contributed by atoms with Crippen molar-refractivity contribution in [2.24, 2.45) is 4.99 Å². The van der Waals surface area contributed by atoms with Crippen LogP contribution in [0.5, 0.6) is 0 Å². The molecule has 1 rings (SSSR count). The summed E-state index contributed by atoms with van der Waals surface area (Å²) in [6.45, 7) is 1.71. The molecule has 0 N–H and O–H groups in total. The van der Waals surface area contributed by atoms with E-state index in [4.69, 9.17) is 4.74 Å². The summed E-state index contributed by atoms with van der Waals surface area (Å²) in [6.07, 6.45) is 2.27. The lowest BCUT2D eigenvalue weighted by atomic mass is 10.3. The van der Waals surface area contributed by atoms with Gasteiger partial charge in [-0.2, -0.15) is 0 Å². The van der Waals surface area contributed by atoms with Crippen molar-refractivity contribution in [2.75, 3.05) is 13.2 Å². The maximum Gasteiger partial charge on any atom is 0.254 e. The van der Waals surface area contributed by atoms with Gasteiger partial charge >= 0.3 is 0 Å². The molecule has 0 radical (unpaired) electrons. The number of nitrogens with zero attached hydrogens (tertiary/aromatic N) is 1. The molecule has 1 aliphatic heterocycles. The van der Waals surface area contributed by atoms with Crippen LogP contribution in [0.25, 0.3) is 0 Å². The molecule has 46 valence electrons. The van der Waals surface area contributed by atoms with Crippen LogP contribution >= 0.6 is 15.9 Å². The Hall–Kier alpha value is -0.0500. The zero-order valence-electron chi connectivity index (χ0n) is 4.56. The highest BCUT2D eigenvalue weighted by Gasteiger charge is 1.98. The number of halogens is 1. The average molecular weight is 178 g/mol. The van der Waals surface area contributed by atoms with E-state index in [0.29, 0.717) is 4.81 Å². The van der Waals surface area contributed by atoms with Crippen LogP contribution in [-0.2, 0) is 4.74 Å². The van der Waals surface area contributed by atoms with Gasteiger partial charge in [-0.3, -0.25) is 0 Å². The molecule has 0 aromatic carbocycles. The molecule has 1 heterocycles. The van der Waals surface area contributed by atoms with Crippen molar-refractivity contribution in [3.63, 3.8) is 0 Å². The first kappa shape index (κ1) is 6.08. The summed E-state index contributed by atoms with van der Waals surface area (Å²) in [4.78, 5) is 4.70. The van der Waals surface area contributed by atoms with Gasteiger partial charge in [0.25, 0.3) is 4.81 Å². The molecule has 0 spiro atoms. The molecule has 1 aliphatic rings. The Kier molecular flexibility index (Phi) is 2.33. The highest BCUT2D eigenvalue weighted by Crippen LogP contribution is 2.02. The molecule has 0 amide bonds. The molecule has 0 aromatic heterocycles. The lowest BCUT2D eigenvalue weighted by Crippen LogP contribution is -1.93. The predicted molar refractivity (Wildman–Crippen MR) is 36.4 cm³/mol. The summed E-state index contributed by atoms with van der Waals surface area (Å²) in [5.41, 5.74) is 0. The Balaban J connectivity index is 2.36. The van der Waals surface area contributed by atoms with E-state index < -0.39 is 0 Å². The van der Waals surface area contributed by atoms with Crippen LogP contribution in [0.4, 0.5) is 0 Å². The minimum Gasteiger partial charge on any atom is -0.473 e. The summed E-state index contributed by atoms with van der Waals surface area (Å²) in [5, 5.41) is 0. The molecule has 0 bridgehead atoms. The molecule has 0 aromatic rings. The van der Waals surface area contributed by atoms with Gasteiger partial charge in [-0.25, -0.2) is 4.99 Å². The van der Waals surface area contributed by atoms with Gasteiger partial charge in [-0.05, 0) is 12.8 Å². The van der Waals surface area contributed by atoms with E-state index in [1.165, 1.54) is 0 Å². The van der Waals surface area contributed by atoms with Gasteiger partial charge < -0.3 is 4.74 Å². The zero-order chi connectivity index (χ0) is 5.82. The van der Waals surface area contributed by atoms with E-state index in [-0.39, 0.29) is 0 Å². The third-order valence-corrected chi connectivity index (χ3v) is 1.49. The first-order valence-corrected chi connectivity index (χ1v) is 3.51. The fourth-order valence-corrected chi connectivity index (χ4v) is 0.922. The normalized spacial score (nSPS) is 20.9. The van der Waals surface area contributed by atoms with Crippen molar-refractivity contribution >= 4 is 20.7 Å². The Morgan fingerprint density at radius 2 is 2.38 bits per heavy atom. The monoisotopic (exact) mass is 177 g/mol. The standard InChI is InChI=1S/C5H8BrNO/c6-5-7-3-1-2-4-8-5/h1-4H2. The first-order chi connectivity index (χ1) is 3.89. The Morgan fingerprint density at radius 1 is 1.50 bits per heavy atom. The third kappa shape index (κ3) is 1.82. The molecular weight excluding hydrogens is 170 g/mol. The molecule has 0 atom stereocenters. The van der Waals surface area contributed by atoms with Gasteiger partial charge in [0.2, 0.25) is 0 Å². The average Bonchev–Trinajstić information content (AvgIpc) is 1.94. The summed E-state index contributed by atoms with van der Waals surface area (Å²) < 4.78 is 5.07. The molecule has 2 nitrogen and oxygen atoms in total. The van der Waals surface area contributed by atoms with Crippen molar-refractivity contribution in [3.8, 4) is 0 Å². The highest BCUT2D eigenvalue weighted by molar-refractivity contribution is 9.18. The summed E-state index contributed by atoms with van der Waals surface area (Å²) in [5.74, 6) is 0. The molecule has 0 unspecified atom stereocenters. The minimum absolute atomic E-state index is 0.662. The SMILES string of the molecule is BrC1=NCCCCO1. The maximum atomic E-state index is 5.07. The number of ether oxygens (including phenoxy) is 1. The topological polar surface area (TPSA) is 21.6 Å². The minimum atomic E-state index is 0.662. The molecule has 0 saturated heterocycles. The fraction of sp³-hybridized carbons (Fsp3) is 0.800. The summed E-state index contributed by atoms with van der Waals surface area (Å²) >= 11 is 3.17. The Morgan fingerprint density at radius 3 is 3.25 bits per heavy atom. The maximum absolute atomic E-state index is 5.07. The van der Waals surface area contributed by atoms with Crippen LogP contribution in [-0.4, -0.2) is 18.0 Å². The van der Waals surface area contributed by atoms with E-state index >= 15 is 0 Å². The quantitative estimate of drug-likeness (QED) is 0.551. The summed E-state index contributed by atoms with van der Waals surface area (Å²) in [6, 6.07) is 0. The molecule has 3 heteroatoms. The largest absolute Gasteiger partial charge is 0.473 e. The predicted octanol–water partition coefficient (Wildman–Crippen LogP) is 1.55. The van der Waals surface area contributed by atoms with Crippen molar-refractivity contribution in [3.05, 3.63) is 0 Å². The number of aliphatic imine (C=N–C) groups is 1. The van der Waals surface area contributed by atoms with Crippen molar-refractivity contribution in [2.45, 2.75) is 12.8 Å². The van der Waals surface area contributed by atoms with Crippen LogP contribution < -0.4 is 0 Å². The smallest absolute Gasteiger partial charge is 0.254 e. The van der Waals surface area contributed by atoms with E-state index in [2.05, 4.69) is 20.9 Å². The number of hydrogen-bond donors (Lipinski definition) is 0. The van der Waals surface area contributed by atoms with Gasteiger partial charge in [-0.1, -0.05) is 0 Å². The highest BCUT2D eigenvalue weighted by atomic mass is 79.9. The summed E-state index contributed by atoms with van der Waals surface area (Å²) in [7, 11) is 0. The number of hydrogen-bond acceptors (Lipinski definition) is 2. The molecule has 0 aliphatic carbocycles. The first-order valence-electron chi connectivity index (χ1n) is 2.72. The van der Waals surface area contributed by atoms with E-state index in [1.807, 2.05) is 0 Å². The van der Waals surface area contributed by atoms with Crippen molar-refractivity contribution in [1.29, 1.82) is 0 Å². The van der Waals surface area contributed by atoms with E-state index in [1.54, 1.807) is 0 Å². The van der Waals surface area contributed by atoms with Crippen LogP contribution in [0.2, 0.25) is 0 Å². The van der Waals surface area contributed by atoms with Gasteiger partial charge in [0.1, 0.15) is 0 Å². The van der Waals surface area contributed by atoms with E-state index in [9.17, 15) is 0 Å². The van der Waals surface area contributed by atoms with Crippen LogP contribution in [0.15, 0.2) is 4.99 Å². The van der Waals surface area contributed by atoms with Gasteiger partial charge in [0.15, 0.2) is 0 Å². The molecule has 0 saturated carbocycles. The van der Waals surface area contributed by atoms with Crippen molar-refractivity contribution < 1.29 is 4.74 Å². The van der Waals surface area contributed by atoms with Gasteiger partial charge in [0.05, 0.1) is 6.61 Å². The second kappa shape index (κ2) is 3.07. The molecule has 8 heavy (non-hydrogen) atoms. The molecule has 0 fully saturated rings.